The molecule has 3 rings (SSSR count). The number of ether oxygens (including phenoxy) is 1. The first-order valence-electron chi connectivity index (χ1n) is 6.57. The summed E-state index contributed by atoms with van der Waals surface area (Å²) >= 11 is 0. The van der Waals surface area contributed by atoms with Crippen molar-refractivity contribution in [3.63, 3.8) is 0 Å². The van der Waals surface area contributed by atoms with Crippen LogP contribution in [0.5, 0.6) is 5.75 Å². The third-order valence-electron chi connectivity index (χ3n) is 3.29. The number of methoxy groups -OCH3 is 1. The van der Waals surface area contributed by atoms with Gasteiger partial charge in [-0.15, -0.1) is 0 Å². The maximum absolute atomic E-state index is 5.16. The number of rotatable bonds is 4. The predicted octanol–water partition coefficient (Wildman–Crippen LogP) is 3.86. The summed E-state index contributed by atoms with van der Waals surface area (Å²) in [6.45, 7) is 0.776. The Labute approximate surface area is 118 Å². The molecule has 0 saturated carbocycles. The number of pyridine rings is 1. The zero-order chi connectivity index (χ0) is 13.8. The predicted molar refractivity (Wildman–Crippen MR) is 82.1 cm³/mol. The Bertz CT molecular complexity index is 702. The minimum absolute atomic E-state index is 0.776. The second-order valence-corrected chi connectivity index (χ2v) is 4.58. The summed E-state index contributed by atoms with van der Waals surface area (Å²) in [5.41, 5.74) is 3.32. The van der Waals surface area contributed by atoms with Crippen molar-refractivity contribution in [2.75, 3.05) is 12.4 Å². The third kappa shape index (κ3) is 2.57. The number of hydrogen-bond donors (Lipinski definition) is 1. The number of nitrogens with zero attached hydrogens (tertiary/aromatic N) is 1. The highest BCUT2D eigenvalue weighted by molar-refractivity contribution is 5.91. The molecule has 2 aromatic carbocycles. The van der Waals surface area contributed by atoms with E-state index >= 15 is 0 Å². The summed E-state index contributed by atoms with van der Waals surface area (Å²) < 4.78 is 5.16. The largest absolute Gasteiger partial charge is 0.497 e. The van der Waals surface area contributed by atoms with Crippen molar-refractivity contribution in [1.29, 1.82) is 0 Å². The smallest absolute Gasteiger partial charge is 0.118 e. The summed E-state index contributed by atoms with van der Waals surface area (Å²) in [5, 5.41) is 4.60. The highest BCUT2D eigenvalue weighted by atomic mass is 16.5. The van der Waals surface area contributed by atoms with Gasteiger partial charge in [0.1, 0.15) is 5.75 Å². The molecule has 1 aromatic heterocycles. The van der Waals surface area contributed by atoms with Gasteiger partial charge in [0.05, 0.1) is 12.6 Å². The van der Waals surface area contributed by atoms with E-state index in [0.29, 0.717) is 0 Å². The van der Waals surface area contributed by atoms with Crippen molar-refractivity contribution in [3.05, 3.63) is 66.4 Å². The number of hydrogen-bond acceptors (Lipinski definition) is 3. The van der Waals surface area contributed by atoms with Gasteiger partial charge in [-0.2, -0.15) is 0 Å². The quantitative estimate of drug-likeness (QED) is 0.777. The molecule has 0 spiro atoms. The highest BCUT2D eigenvalue weighted by Gasteiger charge is 2.01. The molecule has 3 aromatic rings. The number of aromatic nitrogens is 1. The SMILES string of the molecule is COc1ccc(CNc2cccc3ncccc23)cc1. The summed E-state index contributed by atoms with van der Waals surface area (Å²) in [4.78, 5) is 4.36. The van der Waals surface area contributed by atoms with Crippen LogP contribution in [0.1, 0.15) is 5.56 Å². The fourth-order valence-electron chi connectivity index (χ4n) is 2.20. The molecule has 3 nitrogen and oxygen atoms in total. The molecule has 3 heteroatoms. The van der Waals surface area contributed by atoms with Gasteiger partial charge in [-0.25, -0.2) is 0 Å². The Hall–Kier alpha value is -2.55. The van der Waals surface area contributed by atoms with E-state index < -0.39 is 0 Å². The van der Waals surface area contributed by atoms with Gasteiger partial charge in [0.2, 0.25) is 0 Å². The first-order chi connectivity index (χ1) is 9.86. The van der Waals surface area contributed by atoms with E-state index in [0.717, 1.165) is 28.9 Å². The molecule has 0 unspecified atom stereocenters. The molecule has 0 saturated heterocycles. The van der Waals surface area contributed by atoms with Crippen molar-refractivity contribution in [2.24, 2.45) is 0 Å². The molecule has 0 aliphatic rings. The fraction of sp³-hybridized carbons (Fsp3) is 0.118. The van der Waals surface area contributed by atoms with Crippen LogP contribution in [0.15, 0.2) is 60.8 Å². The Morgan fingerprint density at radius 2 is 1.85 bits per heavy atom. The summed E-state index contributed by atoms with van der Waals surface area (Å²) in [6, 6.07) is 18.2. The Morgan fingerprint density at radius 1 is 1.00 bits per heavy atom. The minimum atomic E-state index is 0.776. The van der Waals surface area contributed by atoms with Crippen LogP contribution in [-0.4, -0.2) is 12.1 Å². The molecule has 20 heavy (non-hydrogen) atoms. The monoisotopic (exact) mass is 264 g/mol. The zero-order valence-electron chi connectivity index (χ0n) is 11.3. The Morgan fingerprint density at radius 3 is 2.65 bits per heavy atom. The van der Waals surface area contributed by atoms with Crippen molar-refractivity contribution in [3.8, 4) is 5.75 Å². The standard InChI is InChI=1S/C17H16N2O/c1-20-14-9-7-13(8-10-14)12-19-17-6-2-5-16-15(17)4-3-11-18-16/h2-11,19H,12H2,1H3. The first-order valence-corrected chi connectivity index (χ1v) is 6.57. The lowest BCUT2D eigenvalue weighted by Crippen LogP contribution is -2.00. The third-order valence-corrected chi connectivity index (χ3v) is 3.29. The number of fused-ring (bicyclic) bond motifs is 1. The van der Waals surface area contributed by atoms with Crippen LogP contribution < -0.4 is 10.1 Å². The van der Waals surface area contributed by atoms with Gasteiger partial charge < -0.3 is 10.1 Å². The second kappa shape index (κ2) is 5.61. The molecule has 0 amide bonds. The van der Waals surface area contributed by atoms with Crippen LogP contribution in [0.25, 0.3) is 10.9 Å². The number of nitrogens with one attached hydrogen (secondary N) is 1. The van der Waals surface area contributed by atoms with Gasteiger partial charge in [0, 0.05) is 23.8 Å². The molecule has 0 bridgehead atoms. The first kappa shape index (κ1) is 12.5. The van der Waals surface area contributed by atoms with E-state index in [1.807, 2.05) is 36.5 Å². The number of anilines is 1. The molecular weight excluding hydrogens is 248 g/mol. The summed E-state index contributed by atoms with van der Waals surface area (Å²) in [6.07, 6.45) is 1.82. The lowest BCUT2D eigenvalue weighted by atomic mass is 10.1. The maximum atomic E-state index is 5.16. The van der Waals surface area contributed by atoms with Crippen molar-refractivity contribution in [2.45, 2.75) is 6.54 Å². The molecule has 1 N–H and O–H groups in total. The average molecular weight is 264 g/mol. The molecule has 0 radical (unpaired) electrons. The summed E-state index contributed by atoms with van der Waals surface area (Å²) in [5.74, 6) is 0.878. The summed E-state index contributed by atoms with van der Waals surface area (Å²) in [7, 11) is 1.68. The fourth-order valence-corrected chi connectivity index (χ4v) is 2.20. The van der Waals surface area contributed by atoms with Crippen LogP contribution in [0.3, 0.4) is 0 Å². The van der Waals surface area contributed by atoms with E-state index in [4.69, 9.17) is 4.74 Å². The molecular formula is C17H16N2O. The van der Waals surface area contributed by atoms with E-state index in [1.54, 1.807) is 7.11 Å². The minimum Gasteiger partial charge on any atom is -0.497 e. The van der Waals surface area contributed by atoms with Crippen molar-refractivity contribution < 1.29 is 4.74 Å². The van der Waals surface area contributed by atoms with Crippen molar-refractivity contribution >= 4 is 16.6 Å². The van der Waals surface area contributed by atoms with Gasteiger partial charge in [-0.3, -0.25) is 4.98 Å². The van der Waals surface area contributed by atoms with Crippen LogP contribution in [-0.2, 0) is 6.54 Å². The highest BCUT2D eigenvalue weighted by Crippen LogP contribution is 2.22. The van der Waals surface area contributed by atoms with E-state index in [-0.39, 0.29) is 0 Å². The normalized spacial score (nSPS) is 10.4. The molecule has 0 aliphatic carbocycles. The van der Waals surface area contributed by atoms with Crippen LogP contribution in [0, 0.1) is 0 Å². The molecule has 1 heterocycles. The van der Waals surface area contributed by atoms with Crippen LogP contribution in [0.4, 0.5) is 5.69 Å². The molecule has 0 aliphatic heterocycles. The maximum Gasteiger partial charge on any atom is 0.118 e. The number of benzene rings is 2. The van der Waals surface area contributed by atoms with Gasteiger partial charge in [-0.1, -0.05) is 18.2 Å². The molecule has 0 atom stereocenters. The van der Waals surface area contributed by atoms with E-state index in [9.17, 15) is 0 Å². The zero-order valence-corrected chi connectivity index (χ0v) is 11.3. The van der Waals surface area contributed by atoms with Crippen molar-refractivity contribution in [1.82, 2.24) is 4.98 Å². The molecule has 100 valence electrons. The van der Waals surface area contributed by atoms with Crippen LogP contribution >= 0.6 is 0 Å². The Balaban J connectivity index is 1.79. The van der Waals surface area contributed by atoms with E-state index in [1.165, 1.54) is 5.56 Å². The Kier molecular flexibility index (Phi) is 3.50. The van der Waals surface area contributed by atoms with Gasteiger partial charge >= 0.3 is 0 Å². The van der Waals surface area contributed by atoms with E-state index in [2.05, 4.69) is 34.6 Å². The van der Waals surface area contributed by atoms with Gasteiger partial charge in [0.25, 0.3) is 0 Å². The lowest BCUT2D eigenvalue weighted by Gasteiger charge is -2.10. The van der Waals surface area contributed by atoms with Gasteiger partial charge in [0.15, 0.2) is 0 Å². The van der Waals surface area contributed by atoms with Crippen LogP contribution in [0.2, 0.25) is 0 Å². The molecule has 0 fully saturated rings. The topological polar surface area (TPSA) is 34.1 Å². The lowest BCUT2D eigenvalue weighted by molar-refractivity contribution is 0.414. The second-order valence-electron chi connectivity index (χ2n) is 4.58. The average Bonchev–Trinajstić information content (AvgIpc) is 2.53. The van der Waals surface area contributed by atoms with Gasteiger partial charge in [-0.05, 0) is 42.0 Å².